The molecule has 0 bridgehead atoms. The van der Waals surface area contributed by atoms with Crippen LogP contribution in [0, 0.1) is 0 Å². The molecule has 28 heavy (non-hydrogen) atoms. The number of ketones is 3. The Morgan fingerprint density at radius 1 is 1.18 bits per heavy atom. The summed E-state index contributed by atoms with van der Waals surface area (Å²) in [7, 11) is 1.47. The van der Waals surface area contributed by atoms with E-state index in [4.69, 9.17) is 9.84 Å². The van der Waals surface area contributed by atoms with Crippen molar-refractivity contribution in [1.82, 2.24) is 0 Å². The van der Waals surface area contributed by atoms with Crippen LogP contribution in [-0.2, 0) is 4.79 Å². The van der Waals surface area contributed by atoms with Gasteiger partial charge in [-0.2, -0.15) is 0 Å². The third-order valence-corrected chi connectivity index (χ3v) is 5.64. The van der Waals surface area contributed by atoms with Crippen LogP contribution in [0.1, 0.15) is 40.0 Å². The summed E-state index contributed by atoms with van der Waals surface area (Å²) in [4.78, 5) is 38.1. The van der Waals surface area contributed by atoms with E-state index in [0.29, 0.717) is 16.5 Å². The van der Waals surface area contributed by atoms with Crippen molar-refractivity contribution >= 4 is 28.1 Å². The molecule has 0 heterocycles. The average Bonchev–Trinajstić information content (AvgIpc) is 2.70. The molecule has 0 amide bonds. The molecule has 3 N–H and O–H groups in total. The fraction of sp³-hybridized carbons (Fsp3) is 0.286. The molecule has 7 heteroatoms. The molecule has 2 aromatic carbocycles. The van der Waals surface area contributed by atoms with E-state index in [0.717, 1.165) is 0 Å². The maximum absolute atomic E-state index is 13.1. The monoisotopic (exact) mass is 382 g/mol. The highest BCUT2D eigenvalue weighted by molar-refractivity contribution is 6.30. The van der Waals surface area contributed by atoms with Crippen molar-refractivity contribution in [2.45, 2.75) is 24.9 Å². The first-order chi connectivity index (χ1) is 13.3. The van der Waals surface area contributed by atoms with Crippen molar-refractivity contribution in [3.05, 3.63) is 46.5 Å². The quantitative estimate of drug-likeness (QED) is 0.739. The number of fused-ring (bicyclic) bond motifs is 2. The number of aromatic hydroxyl groups is 1. The van der Waals surface area contributed by atoms with E-state index in [9.17, 15) is 24.6 Å². The summed E-state index contributed by atoms with van der Waals surface area (Å²) in [5, 5.41) is 31.3. The van der Waals surface area contributed by atoms with Crippen molar-refractivity contribution in [1.29, 1.82) is 0 Å². The van der Waals surface area contributed by atoms with E-state index in [1.165, 1.54) is 13.2 Å². The molecule has 2 aliphatic rings. The zero-order valence-electron chi connectivity index (χ0n) is 15.1. The Morgan fingerprint density at radius 2 is 1.93 bits per heavy atom. The molecule has 0 fully saturated rings. The minimum absolute atomic E-state index is 0.0191. The molecule has 0 saturated heterocycles. The minimum Gasteiger partial charge on any atom is -0.506 e. The van der Waals surface area contributed by atoms with Crippen LogP contribution in [0.5, 0.6) is 11.5 Å². The first-order valence-electron chi connectivity index (χ1n) is 8.83. The number of hydrogen-bond donors (Lipinski definition) is 3. The van der Waals surface area contributed by atoms with Crippen LogP contribution in [0.3, 0.4) is 0 Å². The highest BCUT2D eigenvalue weighted by atomic mass is 16.5. The summed E-state index contributed by atoms with van der Waals surface area (Å²) >= 11 is 0. The number of ether oxygens (including phenoxy) is 1. The van der Waals surface area contributed by atoms with Crippen LogP contribution in [-0.4, -0.2) is 52.0 Å². The van der Waals surface area contributed by atoms with E-state index in [-0.39, 0.29) is 47.3 Å². The lowest BCUT2D eigenvalue weighted by atomic mass is 9.70. The van der Waals surface area contributed by atoms with Crippen LogP contribution >= 0.6 is 0 Å². The van der Waals surface area contributed by atoms with Gasteiger partial charge in [-0.05, 0) is 25.0 Å². The number of allylic oxidation sites excluding steroid dienone is 1. The Hall–Kier alpha value is -3.03. The van der Waals surface area contributed by atoms with Crippen molar-refractivity contribution in [2.24, 2.45) is 0 Å². The number of aliphatic hydroxyl groups excluding tert-OH is 1. The number of phenolic OH excluding ortho intramolecular Hbond substituents is 1. The zero-order chi connectivity index (χ0) is 20.2. The predicted octanol–water partition coefficient (Wildman–Crippen LogP) is 1.71. The first-order valence-corrected chi connectivity index (χ1v) is 8.83. The summed E-state index contributed by atoms with van der Waals surface area (Å²) in [6.45, 7) is -0.854. The van der Waals surface area contributed by atoms with Crippen molar-refractivity contribution in [2.75, 3.05) is 13.7 Å². The van der Waals surface area contributed by atoms with Gasteiger partial charge >= 0.3 is 0 Å². The van der Waals surface area contributed by atoms with E-state index in [1.54, 1.807) is 18.2 Å². The van der Waals surface area contributed by atoms with Gasteiger partial charge in [0, 0.05) is 33.9 Å². The number of benzene rings is 2. The first kappa shape index (κ1) is 18.3. The van der Waals surface area contributed by atoms with Gasteiger partial charge < -0.3 is 20.1 Å². The smallest absolute Gasteiger partial charge is 0.194 e. The van der Waals surface area contributed by atoms with Crippen LogP contribution in [0.2, 0.25) is 0 Å². The van der Waals surface area contributed by atoms with Crippen molar-refractivity contribution < 1.29 is 34.4 Å². The van der Waals surface area contributed by atoms with Crippen LogP contribution in [0.4, 0.5) is 0 Å². The minimum atomic E-state index is -1.89. The van der Waals surface area contributed by atoms with Gasteiger partial charge in [-0.25, -0.2) is 0 Å². The largest absolute Gasteiger partial charge is 0.506 e. The molecule has 0 aromatic heterocycles. The van der Waals surface area contributed by atoms with Gasteiger partial charge in [-0.3, -0.25) is 14.4 Å². The van der Waals surface area contributed by atoms with Gasteiger partial charge in [0.15, 0.2) is 17.3 Å². The average molecular weight is 382 g/mol. The van der Waals surface area contributed by atoms with Crippen LogP contribution < -0.4 is 4.74 Å². The lowest BCUT2D eigenvalue weighted by Gasteiger charge is -2.34. The molecule has 1 atom stereocenters. The van der Waals surface area contributed by atoms with Gasteiger partial charge in [0.2, 0.25) is 0 Å². The summed E-state index contributed by atoms with van der Waals surface area (Å²) in [5.41, 5.74) is -1.69. The fourth-order valence-electron chi connectivity index (χ4n) is 4.10. The number of carbonyl (C=O) groups is 3. The van der Waals surface area contributed by atoms with E-state index in [2.05, 4.69) is 0 Å². The van der Waals surface area contributed by atoms with Gasteiger partial charge in [-0.1, -0.05) is 12.1 Å². The molecule has 0 aliphatic heterocycles. The molecule has 0 saturated carbocycles. The molecule has 144 valence electrons. The Balaban J connectivity index is 1.92. The number of phenols is 1. The summed E-state index contributed by atoms with van der Waals surface area (Å²) in [6, 6.07) is 6.50. The molecule has 0 unspecified atom stereocenters. The topological polar surface area (TPSA) is 121 Å². The Kier molecular flexibility index (Phi) is 4.10. The van der Waals surface area contributed by atoms with E-state index < -0.39 is 29.6 Å². The number of hydrogen-bond acceptors (Lipinski definition) is 7. The number of methoxy groups -OCH3 is 1. The maximum Gasteiger partial charge on any atom is 0.194 e. The molecule has 0 spiro atoms. The highest BCUT2D eigenvalue weighted by Crippen LogP contribution is 2.45. The summed E-state index contributed by atoms with van der Waals surface area (Å²) < 4.78 is 5.29. The van der Waals surface area contributed by atoms with E-state index >= 15 is 0 Å². The van der Waals surface area contributed by atoms with Gasteiger partial charge in [0.1, 0.15) is 23.7 Å². The normalized spacial score (nSPS) is 21.5. The van der Waals surface area contributed by atoms with Gasteiger partial charge in [0.05, 0.1) is 12.7 Å². The maximum atomic E-state index is 13.1. The zero-order valence-corrected chi connectivity index (χ0v) is 15.1. The predicted molar refractivity (Wildman–Crippen MR) is 98.7 cm³/mol. The van der Waals surface area contributed by atoms with Crippen molar-refractivity contribution in [3.63, 3.8) is 0 Å². The number of rotatable bonds is 3. The fourth-order valence-corrected chi connectivity index (χ4v) is 4.10. The molecule has 2 aliphatic carbocycles. The molecule has 4 rings (SSSR count). The van der Waals surface area contributed by atoms with Crippen LogP contribution in [0.15, 0.2) is 35.4 Å². The summed E-state index contributed by atoms with van der Waals surface area (Å²) in [6.07, 6.45) is -0.379. The molecular formula is C21H18O7. The Labute approximate surface area is 159 Å². The number of carbonyl (C=O) groups excluding carboxylic acids is 3. The van der Waals surface area contributed by atoms with Crippen LogP contribution in [0.25, 0.3) is 10.8 Å². The standard InChI is InChI=1S/C21H18O7/c1-28-15-4-2-3-10-12(15)7-13-17(19(10)25)20(26)14-8-21(27,16(23)9-22)6-5-11(14)18(13)24/h2-4,7,22,25,27H,5-6,8-9H2,1H3/t21-/m1/s1. The second-order valence-electron chi connectivity index (χ2n) is 7.11. The highest BCUT2D eigenvalue weighted by Gasteiger charge is 2.46. The van der Waals surface area contributed by atoms with E-state index in [1.807, 2.05) is 0 Å². The second-order valence-corrected chi connectivity index (χ2v) is 7.11. The molecule has 2 aromatic rings. The summed E-state index contributed by atoms with van der Waals surface area (Å²) in [5.74, 6) is -1.67. The van der Waals surface area contributed by atoms with Crippen molar-refractivity contribution in [3.8, 4) is 11.5 Å². The third kappa shape index (κ3) is 2.40. The number of Topliss-reactive ketones (excluding diaryl/α,β-unsaturated/α-hetero) is 3. The second kappa shape index (κ2) is 6.25. The lowest BCUT2D eigenvalue weighted by Crippen LogP contribution is -2.45. The van der Waals surface area contributed by atoms with Gasteiger partial charge in [-0.15, -0.1) is 0 Å². The SMILES string of the molecule is COc1cccc2c(O)c3c(cc12)C(=O)C1=C(C[C@@](O)(C(=O)CO)CC1)C3=O. The Morgan fingerprint density at radius 3 is 2.61 bits per heavy atom. The van der Waals surface area contributed by atoms with Gasteiger partial charge in [0.25, 0.3) is 0 Å². The third-order valence-electron chi connectivity index (χ3n) is 5.64. The molecule has 0 radical (unpaired) electrons. The number of aliphatic hydroxyl groups is 2. The molecule has 7 nitrogen and oxygen atoms in total. The lowest BCUT2D eigenvalue weighted by molar-refractivity contribution is -0.141. The Bertz CT molecular complexity index is 1100. The molecular weight excluding hydrogens is 364 g/mol.